The molecule has 180 valence electrons. The summed E-state index contributed by atoms with van der Waals surface area (Å²) in [4.78, 5) is 25.0. The van der Waals surface area contributed by atoms with E-state index in [1.54, 1.807) is 6.92 Å². The summed E-state index contributed by atoms with van der Waals surface area (Å²) >= 11 is 0. The van der Waals surface area contributed by atoms with E-state index in [4.69, 9.17) is 9.16 Å². The Labute approximate surface area is 196 Å². The van der Waals surface area contributed by atoms with Crippen LogP contribution in [-0.2, 0) is 18.8 Å². The number of carbonyl (C=O) groups is 2. The van der Waals surface area contributed by atoms with Gasteiger partial charge in [0.05, 0.1) is 5.76 Å². The smallest absolute Gasteiger partial charge is 0.303 e. The van der Waals surface area contributed by atoms with Crippen molar-refractivity contribution < 1.29 is 18.8 Å². The van der Waals surface area contributed by atoms with Gasteiger partial charge in [-0.3, -0.25) is 9.59 Å². The Hall–Kier alpha value is -1.10. The van der Waals surface area contributed by atoms with Crippen LogP contribution in [0, 0.1) is 40.4 Å². The highest BCUT2D eigenvalue weighted by atomic mass is 28.4. The Morgan fingerprint density at radius 3 is 2.28 bits per heavy atom. The number of Topliss-reactive ketones (excluding diaryl/α,β-unsaturated/α-hetero) is 1. The van der Waals surface area contributed by atoms with Crippen molar-refractivity contribution in [2.45, 2.75) is 105 Å². The fourth-order valence-electron chi connectivity index (χ4n) is 8.83. The molecule has 32 heavy (non-hydrogen) atoms. The third-order valence-electron chi connectivity index (χ3n) is 10.0. The zero-order chi connectivity index (χ0) is 23.7. The molecule has 0 saturated heterocycles. The Kier molecular flexibility index (Phi) is 5.79. The van der Waals surface area contributed by atoms with Gasteiger partial charge >= 0.3 is 5.97 Å². The van der Waals surface area contributed by atoms with Gasteiger partial charge in [-0.2, -0.15) is 0 Å². The molecule has 4 aliphatic rings. The van der Waals surface area contributed by atoms with Gasteiger partial charge in [0.15, 0.2) is 11.4 Å². The molecule has 5 heteroatoms. The number of hydrogen-bond acceptors (Lipinski definition) is 4. The molecular weight excluding hydrogens is 416 g/mol. The minimum absolute atomic E-state index is 0.0397. The van der Waals surface area contributed by atoms with Crippen molar-refractivity contribution in [1.29, 1.82) is 0 Å². The lowest BCUT2D eigenvalue weighted by Crippen LogP contribution is -2.60. The van der Waals surface area contributed by atoms with Crippen molar-refractivity contribution in [3.63, 3.8) is 0 Å². The molecule has 4 rings (SSSR count). The molecule has 8 unspecified atom stereocenters. The monoisotopic (exact) mass is 460 g/mol. The molecule has 3 fully saturated rings. The van der Waals surface area contributed by atoms with E-state index >= 15 is 0 Å². The summed E-state index contributed by atoms with van der Waals surface area (Å²) in [6.45, 7) is 17.1. The highest BCUT2D eigenvalue weighted by molar-refractivity contribution is 6.70. The first-order chi connectivity index (χ1) is 14.7. The molecule has 0 radical (unpaired) electrons. The third kappa shape index (κ3) is 3.52. The minimum Gasteiger partial charge on any atom is -0.548 e. The summed E-state index contributed by atoms with van der Waals surface area (Å²) in [7, 11) is -1.59. The third-order valence-corrected chi connectivity index (χ3v) is 10.9. The topological polar surface area (TPSA) is 52.6 Å². The normalized spacial score (nSPS) is 45.8. The van der Waals surface area contributed by atoms with Crippen LogP contribution in [0.4, 0.5) is 0 Å². The van der Waals surface area contributed by atoms with Gasteiger partial charge in [0.25, 0.3) is 0 Å². The Morgan fingerprint density at radius 2 is 1.69 bits per heavy atom. The number of ketones is 1. The Bertz CT molecular complexity index is 828. The zero-order valence-corrected chi connectivity index (χ0v) is 22.5. The van der Waals surface area contributed by atoms with Crippen LogP contribution in [0.15, 0.2) is 11.8 Å². The van der Waals surface area contributed by atoms with Crippen LogP contribution in [-0.4, -0.2) is 25.7 Å². The van der Waals surface area contributed by atoms with Gasteiger partial charge in [0.1, 0.15) is 0 Å². The first kappa shape index (κ1) is 24.0. The molecule has 4 nitrogen and oxygen atoms in total. The number of fused-ring (bicyclic) bond motifs is 5. The van der Waals surface area contributed by atoms with Gasteiger partial charge in [0.2, 0.25) is 8.32 Å². The predicted molar refractivity (Wildman–Crippen MR) is 129 cm³/mol. The van der Waals surface area contributed by atoms with Crippen LogP contribution in [0.2, 0.25) is 19.6 Å². The molecule has 0 aliphatic heterocycles. The van der Waals surface area contributed by atoms with Crippen LogP contribution >= 0.6 is 0 Å². The van der Waals surface area contributed by atoms with Crippen molar-refractivity contribution in [2.75, 3.05) is 0 Å². The van der Waals surface area contributed by atoms with E-state index in [9.17, 15) is 9.59 Å². The number of rotatable bonds is 4. The zero-order valence-electron chi connectivity index (χ0n) is 21.5. The second kappa shape index (κ2) is 7.71. The van der Waals surface area contributed by atoms with Gasteiger partial charge in [-0.25, -0.2) is 0 Å². The first-order valence-electron chi connectivity index (χ1n) is 12.8. The van der Waals surface area contributed by atoms with E-state index in [1.165, 1.54) is 25.5 Å². The van der Waals surface area contributed by atoms with Gasteiger partial charge in [-0.05, 0) is 106 Å². The maximum Gasteiger partial charge on any atom is 0.303 e. The standard InChI is InChI=1S/C27H44O4Si/c1-17-15-21-22(25(4)12-9-20(16-24(17)25)31-32(6,7)8)10-13-26(5)23(21)11-14-27(26,18(2)28)30-19(3)29/h16-17,21-24H,9-15H2,1-8H3. The number of hydrogen-bond donors (Lipinski definition) is 0. The molecule has 0 aromatic carbocycles. The van der Waals surface area contributed by atoms with Crippen molar-refractivity contribution in [3.05, 3.63) is 11.8 Å². The van der Waals surface area contributed by atoms with Crippen LogP contribution < -0.4 is 0 Å². The lowest BCUT2D eigenvalue weighted by Gasteiger charge is -2.62. The summed E-state index contributed by atoms with van der Waals surface area (Å²) in [6.07, 6.45) is 9.76. The Morgan fingerprint density at radius 1 is 1.03 bits per heavy atom. The minimum atomic E-state index is -1.59. The summed E-state index contributed by atoms with van der Waals surface area (Å²) in [6, 6.07) is 0. The quantitative estimate of drug-likeness (QED) is 0.354. The summed E-state index contributed by atoms with van der Waals surface area (Å²) < 4.78 is 12.4. The average molecular weight is 461 g/mol. The molecule has 0 spiro atoms. The lowest BCUT2D eigenvalue weighted by atomic mass is 9.43. The predicted octanol–water partition coefficient (Wildman–Crippen LogP) is 6.51. The number of esters is 1. The van der Waals surface area contributed by atoms with Crippen molar-refractivity contribution in [1.82, 2.24) is 0 Å². The van der Waals surface area contributed by atoms with E-state index < -0.39 is 13.9 Å². The Balaban J connectivity index is 1.65. The van der Waals surface area contributed by atoms with Crippen LogP contribution in [0.25, 0.3) is 0 Å². The summed E-state index contributed by atoms with van der Waals surface area (Å²) in [5.41, 5.74) is -0.885. The van der Waals surface area contributed by atoms with E-state index in [0.29, 0.717) is 41.4 Å². The largest absolute Gasteiger partial charge is 0.548 e. The average Bonchev–Trinajstić information content (AvgIpc) is 2.95. The molecule has 0 bridgehead atoms. The van der Waals surface area contributed by atoms with Gasteiger partial charge in [0, 0.05) is 18.8 Å². The first-order valence-corrected chi connectivity index (χ1v) is 16.2. The van der Waals surface area contributed by atoms with E-state index in [2.05, 4.69) is 46.5 Å². The molecule has 0 heterocycles. The molecular formula is C27H44O4Si. The summed E-state index contributed by atoms with van der Waals surface area (Å²) in [5, 5.41) is 0. The van der Waals surface area contributed by atoms with Crippen LogP contribution in [0.5, 0.6) is 0 Å². The van der Waals surface area contributed by atoms with E-state index in [0.717, 1.165) is 25.7 Å². The second-order valence-corrected chi connectivity index (χ2v) is 17.4. The molecule has 3 saturated carbocycles. The van der Waals surface area contributed by atoms with Crippen molar-refractivity contribution >= 4 is 20.1 Å². The number of carbonyl (C=O) groups excluding carboxylic acids is 2. The number of allylic oxidation sites excluding steroid dienone is 2. The number of ether oxygens (including phenoxy) is 1. The highest BCUT2D eigenvalue weighted by Gasteiger charge is 2.68. The van der Waals surface area contributed by atoms with E-state index in [-0.39, 0.29) is 17.2 Å². The van der Waals surface area contributed by atoms with E-state index in [1.807, 2.05) is 0 Å². The molecule has 0 amide bonds. The maximum atomic E-state index is 12.9. The summed E-state index contributed by atoms with van der Waals surface area (Å²) in [5.74, 6) is 3.86. The van der Waals surface area contributed by atoms with Gasteiger partial charge in [-0.15, -0.1) is 0 Å². The highest BCUT2D eigenvalue weighted by Crippen LogP contribution is 2.69. The van der Waals surface area contributed by atoms with Crippen molar-refractivity contribution in [2.24, 2.45) is 40.4 Å². The maximum absolute atomic E-state index is 12.9. The van der Waals surface area contributed by atoms with Crippen molar-refractivity contribution in [3.8, 4) is 0 Å². The molecule has 0 aromatic rings. The molecule has 8 atom stereocenters. The van der Waals surface area contributed by atoms with Crippen LogP contribution in [0.3, 0.4) is 0 Å². The molecule has 0 N–H and O–H groups in total. The van der Waals surface area contributed by atoms with Gasteiger partial charge in [-0.1, -0.05) is 20.8 Å². The molecule has 0 aromatic heterocycles. The fraction of sp³-hybridized carbons (Fsp3) is 0.852. The SMILES string of the molecule is CC(=O)OC1(C(C)=O)CCC2C3CC(C)C4C=C(O[Si](C)(C)C)CCC4(C)C3CCC21C. The fourth-order valence-corrected chi connectivity index (χ4v) is 9.79. The van der Waals surface area contributed by atoms with Gasteiger partial charge < -0.3 is 9.16 Å². The van der Waals surface area contributed by atoms with Crippen LogP contribution in [0.1, 0.15) is 79.6 Å². The second-order valence-electron chi connectivity index (χ2n) is 12.9. The molecule has 4 aliphatic carbocycles. The lowest BCUT2D eigenvalue weighted by molar-refractivity contribution is -0.191.